The Kier molecular flexibility index (Phi) is 5.66. The molecule has 26 heavy (non-hydrogen) atoms. The number of benzene rings is 1. The Morgan fingerprint density at radius 3 is 2.15 bits per heavy atom. The Morgan fingerprint density at radius 1 is 1.04 bits per heavy atom. The molecule has 0 radical (unpaired) electrons. The Hall–Kier alpha value is -2.28. The Bertz CT molecular complexity index is 793. The number of methoxy groups -OCH3 is 1. The molecule has 0 bridgehead atoms. The van der Waals surface area contributed by atoms with Gasteiger partial charge in [0.1, 0.15) is 11.4 Å². The van der Waals surface area contributed by atoms with Crippen LogP contribution in [0.15, 0.2) is 41.0 Å². The molecule has 3 rings (SSSR count). The number of aryl methyl sites for hydroxylation is 1. The van der Waals surface area contributed by atoms with Crippen molar-refractivity contribution >= 4 is 27.7 Å². The van der Waals surface area contributed by atoms with Crippen LogP contribution in [0.2, 0.25) is 0 Å². The van der Waals surface area contributed by atoms with Crippen LogP contribution < -0.4 is 4.74 Å². The van der Waals surface area contributed by atoms with Gasteiger partial charge in [-0.1, -0.05) is 0 Å². The molecule has 2 heterocycles. The van der Waals surface area contributed by atoms with Gasteiger partial charge < -0.3 is 19.1 Å². The van der Waals surface area contributed by atoms with Crippen LogP contribution in [0.25, 0.3) is 0 Å². The first kappa shape index (κ1) is 18.5. The topological polar surface area (TPSA) is 54.8 Å². The molecule has 0 unspecified atom stereocenters. The van der Waals surface area contributed by atoms with Crippen molar-refractivity contribution in [2.45, 2.75) is 13.5 Å². The number of hydrogen-bond acceptors (Lipinski definition) is 3. The van der Waals surface area contributed by atoms with E-state index in [2.05, 4.69) is 15.9 Å². The number of nitrogens with zero attached hydrogens (tertiary/aromatic N) is 3. The Morgan fingerprint density at radius 2 is 1.62 bits per heavy atom. The third kappa shape index (κ3) is 3.77. The highest BCUT2D eigenvalue weighted by Crippen LogP contribution is 2.19. The van der Waals surface area contributed by atoms with Crippen molar-refractivity contribution in [2.75, 3.05) is 33.3 Å². The molecule has 6 nitrogen and oxygen atoms in total. The third-order valence-corrected chi connectivity index (χ3v) is 5.05. The predicted molar refractivity (Wildman–Crippen MR) is 103 cm³/mol. The molecule has 7 heteroatoms. The van der Waals surface area contributed by atoms with E-state index in [-0.39, 0.29) is 11.8 Å². The molecular weight excluding hydrogens is 398 g/mol. The fourth-order valence-corrected chi connectivity index (χ4v) is 3.57. The molecular formula is C19H22BrN3O3. The van der Waals surface area contributed by atoms with Crippen LogP contribution in [-0.4, -0.2) is 59.5 Å². The van der Waals surface area contributed by atoms with Crippen molar-refractivity contribution in [3.63, 3.8) is 0 Å². The van der Waals surface area contributed by atoms with E-state index >= 15 is 0 Å². The number of rotatable bonds is 4. The molecule has 0 atom stereocenters. The van der Waals surface area contributed by atoms with Crippen LogP contribution in [0.3, 0.4) is 0 Å². The summed E-state index contributed by atoms with van der Waals surface area (Å²) in [5.74, 6) is 0.718. The molecule has 1 saturated heterocycles. The lowest BCUT2D eigenvalue weighted by Crippen LogP contribution is -2.50. The van der Waals surface area contributed by atoms with E-state index in [1.807, 2.05) is 28.7 Å². The van der Waals surface area contributed by atoms with E-state index in [1.165, 1.54) is 0 Å². The zero-order valence-electron chi connectivity index (χ0n) is 14.9. The average molecular weight is 420 g/mol. The number of piperazine rings is 1. The largest absolute Gasteiger partial charge is 0.497 e. The van der Waals surface area contributed by atoms with Gasteiger partial charge in [-0.2, -0.15) is 0 Å². The van der Waals surface area contributed by atoms with Crippen molar-refractivity contribution in [1.29, 1.82) is 0 Å². The molecule has 1 aliphatic heterocycles. The molecule has 1 aliphatic rings. The van der Waals surface area contributed by atoms with Crippen molar-refractivity contribution in [3.8, 4) is 5.75 Å². The summed E-state index contributed by atoms with van der Waals surface area (Å²) >= 11 is 3.43. The lowest BCUT2D eigenvalue weighted by Gasteiger charge is -2.35. The first-order chi connectivity index (χ1) is 12.5. The first-order valence-electron chi connectivity index (χ1n) is 8.61. The van der Waals surface area contributed by atoms with Gasteiger partial charge in [-0.15, -0.1) is 0 Å². The summed E-state index contributed by atoms with van der Waals surface area (Å²) in [7, 11) is 1.60. The lowest BCUT2D eigenvalue weighted by atomic mass is 10.1. The van der Waals surface area contributed by atoms with E-state index in [0.717, 1.165) is 16.8 Å². The van der Waals surface area contributed by atoms with Gasteiger partial charge in [0, 0.05) is 49.0 Å². The van der Waals surface area contributed by atoms with E-state index < -0.39 is 0 Å². The van der Waals surface area contributed by atoms with Crippen LogP contribution in [0.5, 0.6) is 5.75 Å². The quantitative estimate of drug-likeness (QED) is 0.765. The van der Waals surface area contributed by atoms with Gasteiger partial charge in [0.15, 0.2) is 0 Å². The summed E-state index contributed by atoms with van der Waals surface area (Å²) in [5, 5.41) is 0. The number of halogens is 1. The van der Waals surface area contributed by atoms with Gasteiger partial charge >= 0.3 is 0 Å². The molecule has 2 aromatic rings. The maximum Gasteiger partial charge on any atom is 0.270 e. The lowest BCUT2D eigenvalue weighted by molar-refractivity contribution is 0.0529. The van der Waals surface area contributed by atoms with E-state index in [9.17, 15) is 9.59 Å². The maximum atomic E-state index is 12.8. The minimum absolute atomic E-state index is 0.00842. The minimum atomic E-state index is -0.0144. The molecule has 1 aromatic carbocycles. The van der Waals surface area contributed by atoms with Gasteiger partial charge in [0.2, 0.25) is 0 Å². The average Bonchev–Trinajstić information content (AvgIpc) is 3.08. The minimum Gasteiger partial charge on any atom is -0.497 e. The summed E-state index contributed by atoms with van der Waals surface area (Å²) in [5.41, 5.74) is 1.31. The molecule has 0 N–H and O–H groups in total. The second kappa shape index (κ2) is 7.95. The standard InChI is InChI=1S/C19H22BrN3O3/c1-3-21-13-15(20)12-17(21)19(25)23-10-8-22(9-11-23)18(24)14-4-6-16(26-2)7-5-14/h4-7,12-13H,3,8-11H2,1-2H3. The molecule has 2 amide bonds. The van der Waals surface area contributed by atoms with Gasteiger partial charge in [-0.25, -0.2) is 0 Å². The highest BCUT2D eigenvalue weighted by molar-refractivity contribution is 9.10. The monoisotopic (exact) mass is 419 g/mol. The van der Waals surface area contributed by atoms with E-state index in [4.69, 9.17) is 4.74 Å². The van der Waals surface area contributed by atoms with Crippen molar-refractivity contribution in [1.82, 2.24) is 14.4 Å². The summed E-state index contributed by atoms with van der Waals surface area (Å²) in [6.45, 7) is 4.88. The fourth-order valence-electron chi connectivity index (χ4n) is 3.11. The van der Waals surface area contributed by atoms with Crippen LogP contribution in [0, 0.1) is 0 Å². The van der Waals surface area contributed by atoms with E-state index in [1.54, 1.807) is 36.3 Å². The highest BCUT2D eigenvalue weighted by atomic mass is 79.9. The smallest absolute Gasteiger partial charge is 0.270 e. The zero-order valence-corrected chi connectivity index (χ0v) is 16.5. The van der Waals surface area contributed by atoms with Crippen LogP contribution in [0.4, 0.5) is 0 Å². The fraction of sp³-hybridized carbons (Fsp3) is 0.368. The van der Waals surface area contributed by atoms with Crippen LogP contribution in [-0.2, 0) is 6.54 Å². The van der Waals surface area contributed by atoms with Gasteiger partial charge in [-0.05, 0) is 53.2 Å². The molecule has 0 aliphatic carbocycles. The summed E-state index contributed by atoms with van der Waals surface area (Å²) in [6.07, 6.45) is 1.91. The third-order valence-electron chi connectivity index (χ3n) is 4.61. The summed E-state index contributed by atoms with van der Waals surface area (Å²) < 4.78 is 7.95. The molecule has 0 saturated carbocycles. The molecule has 138 valence electrons. The van der Waals surface area contributed by atoms with E-state index in [0.29, 0.717) is 37.4 Å². The van der Waals surface area contributed by atoms with Crippen molar-refractivity contribution in [2.24, 2.45) is 0 Å². The first-order valence-corrected chi connectivity index (χ1v) is 9.41. The molecule has 1 aromatic heterocycles. The maximum absolute atomic E-state index is 12.8. The zero-order chi connectivity index (χ0) is 18.7. The van der Waals surface area contributed by atoms with Crippen LogP contribution >= 0.6 is 15.9 Å². The molecule has 1 fully saturated rings. The number of carbonyl (C=O) groups is 2. The predicted octanol–water partition coefficient (Wildman–Crippen LogP) is 2.88. The van der Waals surface area contributed by atoms with Crippen molar-refractivity contribution < 1.29 is 14.3 Å². The summed E-state index contributed by atoms with van der Waals surface area (Å²) in [6, 6.07) is 8.95. The van der Waals surface area contributed by atoms with Gasteiger partial charge in [0.25, 0.3) is 11.8 Å². The number of aromatic nitrogens is 1. The number of amides is 2. The number of ether oxygens (including phenoxy) is 1. The van der Waals surface area contributed by atoms with Gasteiger partial charge in [-0.3, -0.25) is 9.59 Å². The van der Waals surface area contributed by atoms with Crippen LogP contribution in [0.1, 0.15) is 27.8 Å². The Balaban J connectivity index is 1.63. The van der Waals surface area contributed by atoms with Crippen molar-refractivity contribution in [3.05, 3.63) is 52.3 Å². The number of hydrogen-bond donors (Lipinski definition) is 0. The second-order valence-corrected chi connectivity index (χ2v) is 7.06. The molecule has 0 spiro atoms. The van der Waals surface area contributed by atoms with Gasteiger partial charge in [0.05, 0.1) is 7.11 Å². The normalized spacial score (nSPS) is 14.4. The highest BCUT2D eigenvalue weighted by Gasteiger charge is 2.27. The Labute approximate surface area is 161 Å². The number of carbonyl (C=O) groups excluding carboxylic acids is 2. The second-order valence-electron chi connectivity index (χ2n) is 6.14. The summed E-state index contributed by atoms with van der Waals surface area (Å²) in [4.78, 5) is 29.0. The SMILES string of the molecule is CCn1cc(Br)cc1C(=O)N1CCN(C(=O)c2ccc(OC)cc2)CC1.